The number of rotatable bonds is 3. The van der Waals surface area contributed by atoms with Crippen molar-refractivity contribution in [2.45, 2.75) is 12.3 Å². The van der Waals surface area contributed by atoms with Gasteiger partial charge in [0.2, 0.25) is 5.91 Å². The minimum absolute atomic E-state index is 0.0153. The van der Waals surface area contributed by atoms with Crippen LogP contribution in [-0.4, -0.2) is 28.3 Å². The average molecular weight is 341 g/mol. The Balaban J connectivity index is 1.78. The van der Waals surface area contributed by atoms with E-state index in [4.69, 9.17) is 4.74 Å². The van der Waals surface area contributed by atoms with Crippen molar-refractivity contribution in [1.29, 1.82) is 0 Å². The molecule has 122 valence electrons. The highest BCUT2D eigenvalue weighted by Crippen LogP contribution is 2.45. The summed E-state index contributed by atoms with van der Waals surface area (Å²) in [4.78, 5) is 14.2. The smallest absolute Gasteiger partial charge is 0.225 e. The molecule has 3 heterocycles. The number of amides is 1. The number of methoxy groups -OCH3 is 1. The van der Waals surface area contributed by atoms with Crippen molar-refractivity contribution in [3.05, 3.63) is 47.0 Å². The number of thiophene rings is 1. The maximum Gasteiger partial charge on any atom is 0.225 e. The number of hydrogen-bond donors (Lipinski definition) is 3. The molecule has 6 nitrogen and oxygen atoms in total. The van der Waals surface area contributed by atoms with Gasteiger partial charge >= 0.3 is 0 Å². The summed E-state index contributed by atoms with van der Waals surface area (Å²) < 4.78 is 5.21. The van der Waals surface area contributed by atoms with E-state index >= 15 is 0 Å². The number of fused-ring (bicyclic) bond motifs is 1. The van der Waals surface area contributed by atoms with Crippen LogP contribution in [0.15, 0.2) is 36.5 Å². The van der Waals surface area contributed by atoms with Crippen molar-refractivity contribution in [1.82, 2.24) is 10.2 Å². The van der Waals surface area contributed by atoms with Crippen LogP contribution in [0.3, 0.4) is 0 Å². The summed E-state index contributed by atoms with van der Waals surface area (Å²) in [6.45, 7) is 0. The van der Waals surface area contributed by atoms with Gasteiger partial charge in [-0.2, -0.15) is 5.10 Å². The van der Waals surface area contributed by atoms with E-state index in [9.17, 15) is 9.90 Å². The normalized spacial score (nSPS) is 16.5. The summed E-state index contributed by atoms with van der Waals surface area (Å²) in [5, 5.41) is 19.7. The molecule has 2 aromatic heterocycles. The van der Waals surface area contributed by atoms with Gasteiger partial charge in [-0.05, 0) is 29.8 Å². The number of anilines is 1. The van der Waals surface area contributed by atoms with Crippen LogP contribution < -0.4 is 10.1 Å². The lowest BCUT2D eigenvalue weighted by Crippen LogP contribution is -2.23. The molecule has 1 amide bonds. The lowest BCUT2D eigenvalue weighted by atomic mass is 9.89. The lowest BCUT2D eigenvalue weighted by Gasteiger charge is -2.25. The summed E-state index contributed by atoms with van der Waals surface area (Å²) in [6, 6.07) is 9.31. The number of carbonyl (C=O) groups excluding carboxylic acids is 1. The lowest BCUT2D eigenvalue weighted by molar-refractivity contribution is -0.116. The fourth-order valence-corrected chi connectivity index (χ4v) is 4.07. The van der Waals surface area contributed by atoms with Gasteiger partial charge in [-0.3, -0.25) is 9.89 Å². The number of benzene rings is 1. The number of aromatic amines is 1. The molecular formula is C17H15N3O3S. The van der Waals surface area contributed by atoms with Crippen LogP contribution >= 0.6 is 11.3 Å². The molecular weight excluding hydrogens is 326 g/mol. The number of hydrogen-bond acceptors (Lipinski definition) is 5. The third-order valence-electron chi connectivity index (χ3n) is 4.13. The number of nitrogens with zero attached hydrogens (tertiary/aromatic N) is 1. The first-order valence-electron chi connectivity index (χ1n) is 7.46. The Morgan fingerprint density at radius 1 is 1.33 bits per heavy atom. The van der Waals surface area contributed by atoms with Gasteiger partial charge in [0, 0.05) is 35.2 Å². The Hall–Kier alpha value is -2.80. The van der Waals surface area contributed by atoms with Crippen LogP contribution in [0, 0.1) is 0 Å². The van der Waals surface area contributed by atoms with Gasteiger partial charge in [-0.1, -0.05) is 0 Å². The summed E-state index contributed by atoms with van der Waals surface area (Å²) in [5.41, 5.74) is 2.53. The van der Waals surface area contributed by atoms with E-state index in [0.717, 1.165) is 21.0 Å². The molecule has 0 saturated heterocycles. The third kappa shape index (κ3) is 2.43. The third-order valence-corrected chi connectivity index (χ3v) is 5.36. The first kappa shape index (κ1) is 14.8. The number of carbonyl (C=O) groups is 1. The second-order valence-corrected chi connectivity index (χ2v) is 6.70. The highest BCUT2D eigenvalue weighted by atomic mass is 32.1. The number of phenols is 1. The van der Waals surface area contributed by atoms with Crippen LogP contribution in [0.25, 0.3) is 10.6 Å². The molecule has 0 radical (unpaired) electrons. The van der Waals surface area contributed by atoms with E-state index in [1.165, 1.54) is 7.11 Å². The molecule has 0 fully saturated rings. The zero-order valence-electron chi connectivity index (χ0n) is 12.9. The zero-order valence-corrected chi connectivity index (χ0v) is 13.7. The predicted octanol–water partition coefficient (Wildman–Crippen LogP) is 3.33. The molecule has 1 aliphatic rings. The van der Waals surface area contributed by atoms with Crippen LogP contribution in [0.1, 0.15) is 22.8 Å². The maximum absolute atomic E-state index is 12.1. The Morgan fingerprint density at radius 3 is 2.96 bits per heavy atom. The van der Waals surface area contributed by atoms with Crippen molar-refractivity contribution in [2.75, 3.05) is 12.4 Å². The second kappa shape index (κ2) is 5.68. The minimum atomic E-state index is -0.0649. The highest BCUT2D eigenvalue weighted by molar-refractivity contribution is 7.15. The second-order valence-electron chi connectivity index (χ2n) is 5.59. The fourth-order valence-electron chi connectivity index (χ4n) is 2.97. The molecule has 1 aliphatic heterocycles. The van der Waals surface area contributed by atoms with E-state index < -0.39 is 0 Å². The van der Waals surface area contributed by atoms with Crippen molar-refractivity contribution in [2.24, 2.45) is 0 Å². The SMILES string of the molecule is COc1cc2c(cc1O)NC(=O)C[C@@H]2c1ccc(-c2ccn[nH]2)s1. The molecule has 7 heteroatoms. The molecule has 3 aromatic rings. The maximum atomic E-state index is 12.1. The van der Waals surface area contributed by atoms with E-state index in [-0.39, 0.29) is 17.6 Å². The van der Waals surface area contributed by atoms with Gasteiger partial charge in [-0.15, -0.1) is 11.3 Å². The van der Waals surface area contributed by atoms with Gasteiger partial charge in [0.25, 0.3) is 0 Å². The van der Waals surface area contributed by atoms with Crippen molar-refractivity contribution < 1.29 is 14.6 Å². The Labute approximate surface area is 142 Å². The largest absolute Gasteiger partial charge is 0.504 e. The number of H-pyrrole nitrogens is 1. The van der Waals surface area contributed by atoms with Crippen molar-refractivity contribution >= 4 is 22.9 Å². The van der Waals surface area contributed by atoms with Crippen LogP contribution in [0.5, 0.6) is 11.5 Å². The van der Waals surface area contributed by atoms with Crippen LogP contribution in [0.4, 0.5) is 5.69 Å². The van der Waals surface area contributed by atoms with E-state index in [1.807, 2.05) is 18.2 Å². The Bertz CT molecular complexity index is 902. The molecule has 0 spiro atoms. The fraction of sp³-hybridized carbons (Fsp3) is 0.176. The first-order valence-corrected chi connectivity index (χ1v) is 8.27. The zero-order chi connectivity index (χ0) is 16.7. The van der Waals surface area contributed by atoms with Crippen molar-refractivity contribution in [3.63, 3.8) is 0 Å². The number of aromatic hydroxyl groups is 1. The topological polar surface area (TPSA) is 87.2 Å². The summed E-state index contributed by atoms with van der Waals surface area (Å²) in [5.74, 6) is 0.292. The van der Waals surface area contributed by atoms with Gasteiger partial charge in [0.05, 0.1) is 17.7 Å². The molecule has 0 unspecified atom stereocenters. The summed E-state index contributed by atoms with van der Waals surface area (Å²) in [7, 11) is 1.51. The predicted molar refractivity (Wildman–Crippen MR) is 91.6 cm³/mol. The van der Waals surface area contributed by atoms with E-state index in [1.54, 1.807) is 29.7 Å². The molecule has 3 N–H and O–H groups in total. The monoisotopic (exact) mass is 341 g/mol. The molecule has 24 heavy (non-hydrogen) atoms. The molecule has 0 aliphatic carbocycles. The van der Waals surface area contributed by atoms with Crippen molar-refractivity contribution in [3.8, 4) is 22.1 Å². The summed E-state index contributed by atoms with van der Waals surface area (Å²) in [6.07, 6.45) is 2.08. The average Bonchev–Trinajstić information content (AvgIpc) is 3.24. The molecule has 0 bridgehead atoms. The number of nitrogens with one attached hydrogen (secondary N) is 2. The minimum Gasteiger partial charge on any atom is -0.504 e. The standard InChI is InChI=1S/C17H15N3O3S/c1-23-14-6-9-10(7-17(22)19-12(9)8-13(14)21)15-2-3-16(24-15)11-4-5-18-20-11/h2-6,8,10,21H,7H2,1H3,(H,18,20)(H,19,22)/t10-/m0/s1. The van der Waals surface area contributed by atoms with Crippen LogP contribution in [0.2, 0.25) is 0 Å². The van der Waals surface area contributed by atoms with E-state index in [0.29, 0.717) is 17.9 Å². The number of ether oxygens (including phenoxy) is 1. The first-order chi connectivity index (χ1) is 11.7. The van der Waals surface area contributed by atoms with Gasteiger partial charge in [0.15, 0.2) is 11.5 Å². The van der Waals surface area contributed by atoms with Gasteiger partial charge in [0.1, 0.15) is 0 Å². The van der Waals surface area contributed by atoms with Gasteiger partial charge < -0.3 is 15.2 Å². The van der Waals surface area contributed by atoms with Gasteiger partial charge in [-0.25, -0.2) is 0 Å². The summed E-state index contributed by atoms with van der Waals surface area (Å²) >= 11 is 1.63. The van der Waals surface area contributed by atoms with Crippen LogP contribution in [-0.2, 0) is 4.79 Å². The number of aromatic nitrogens is 2. The molecule has 4 rings (SSSR count). The van der Waals surface area contributed by atoms with E-state index in [2.05, 4.69) is 15.5 Å². The molecule has 1 atom stereocenters. The quantitative estimate of drug-likeness (QED) is 0.682. The Kier molecular flexibility index (Phi) is 3.50. The highest BCUT2D eigenvalue weighted by Gasteiger charge is 2.29. The molecule has 0 saturated carbocycles. The Morgan fingerprint density at radius 2 is 2.21 bits per heavy atom. The number of phenolic OH excluding ortho intramolecular Hbond substituents is 1. The molecule has 1 aromatic carbocycles.